The highest BCUT2D eigenvalue weighted by Crippen LogP contribution is 2.19. The number of nitrogens with one attached hydrogen (secondary N) is 12. The summed E-state index contributed by atoms with van der Waals surface area (Å²) < 4.78 is 5.58. The van der Waals surface area contributed by atoms with Crippen molar-refractivity contribution in [3.05, 3.63) is 89.5 Å². The Balaban J connectivity index is 1.61. The Morgan fingerprint density at radius 2 is 1.10 bits per heavy atom. The lowest BCUT2D eigenvalue weighted by Gasteiger charge is -2.29. The molecule has 0 aliphatic carbocycles. The van der Waals surface area contributed by atoms with Crippen LogP contribution in [0.3, 0.4) is 0 Å². The van der Waals surface area contributed by atoms with Crippen molar-refractivity contribution in [3.8, 4) is 17.2 Å². The highest BCUT2D eigenvalue weighted by Gasteiger charge is 2.39. The molecule has 2 aliphatic rings. The fourth-order valence-electron chi connectivity index (χ4n) is 11.2. The Bertz CT molecular complexity index is 3490. The number of carbonyl (C=O) groups is 14. The van der Waals surface area contributed by atoms with Gasteiger partial charge in [0.15, 0.2) is 0 Å². The van der Waals surface area contributed by atoms with E-state index in [1.54, 1.807) is 13.8 Å². The molecule has 15 atom stereocenters. The van der Waals surface area contributed by atoms with Crippen molar-refractivity contribution in [1.29, 1.82) is 0 Å². The van der Waals surface area contributed by atoms with Crippen molar-refractivity contribution in [2.75, 3.05) is 26.3 Å². The zero-order valence-electron chi connectivity index (χ0n) is 58.7. The minimum atomic E-state index is -2.02. The number of amides is 12. The van der Waals surface area contributed by atoms with E-state index in [0.29, 0.717) is 42.5 Å². The van der Waals surface area contributed by atoms with Crippen LogP contribution in [0.5, 0.6) is 17.2 Å². The van der Waals surface area contributed by atoms with Crippen LogP contribution in [0.4, 0.5) is 0 Å². The second kappa shape index (κ2) is 42.3. The molecule has 3 aromatic carbocycles. The SMILES string of the molecule is CCC(C)C1NC(=O)C(Cc2ccc(O)cc2)NC(=O)C(CO)NC(=O)C(CCCCN)NC(=O)C(Cc2ccc(O)cc2)NC(=O)C(C(C)O)NC(=O)C(CCC(=O)O)NC(=O)C(C)NC(=O)C(NC(=O)C(Cc2ccc(O)cc2)NC(=O)C(CCC(N)=O)NC(=O)[C@@H]2CCCN2)CC(O)COC1=O. The summed E-state index contributed by atoms with van der Waals surface area (Å²) in [6.07, 6.45) is -6.60. The highest BCUT2D eigenvalue weighted by molar-refractivity contribution is 6.00. The molecule has 0 radical (unpaired) electrons. The van der Waals surface area contributed by atoms with Crippen LogP contribution >= 0.6 is 0 Å². The first kappa shape index (κ1) is 85.1. The number of cyclic esters (lactones) is 1. The number of carboxylic acids is 1. The molecule has 2 saturated heterocycles. The molecule has 0 spiro atoms. The topological polar surface area (TPSA) is 586 Å². The molecule has 36 heteroatoms. The molecular weight excluding hydrogens is 1380 g/mol. The molecular formula is C69H98N14O22. The van der Waals surface area contributed by atoms with Crippen LogP contribution in [0.25, 0.3) is 0 Å². The van der Waals surface area contributed by atoms with Gasteiger partial charge >= 0.3 is 11.9 Å². The first-order valence-corrected chi connectivity index (χ1v) is 34.5. The summed E-state index contributed by atoms with van der Waals surface area (Å²) in [4.78, 5) is 196. The molecule has 12 amide bonds. The Hall–Kier alpha value is -10.6. The van der Waals surface area contributed by atoms with Gasteiger partial charge in [-0.15, -0.1) is 0 Å². The molecule has 3 aromatic rings. The molecule has 2 heterocycles. The number of phenolic OH excluding ortho intramolecular Hbond substituents is 3. The fourth-order valence-corrected chi connectivity index (χ4v) is 11.2. The molecule has 2 aliphatic heterocycles. The van der Waals surface area contributed by atoms with E-state index in [9.17, 15) is 103 Å². The minimum Gasteiger partial charge on any atom is -0.508 e. The summed E-state index contributed by atoms with van der Waals surface area (Å²) in [5.74, 6) is -17.0. The molecule has 105 heavy (non-hydrogen) atoms. The van der Waals surface area contributed by atoms with Crippen LogP contribution in [-0.4, -0.2) is 230 Å². The number of carbonyl (C=O) groups excluding carboxylic acids is 13. The van der Waals surface area contributed by atoms with Crippen molar-refractivity contribution in [3.63, 3.8) is 0 Å². The Labute approximate surface area is 604 Å². The van der Waals surface area contributed by atoms with Crippen LogP contribution in [0, 0.1) is 5.92 Å². The second-order valence-corrected chi connectivity index (χ2v) is 26.0. The Morgan fingerprint density at radius 1 is 0.600 bits per heavy atom. The van der Waals surface area contributed by atoms with Gasteiger partial charge in [0, 0.05) is 38.5 Å². The monoisotopic (exact) mass is 1470 g/mol. The average molecular weight is 1480 g/mol. The lowest BCUT2D eigenvalue weighted by Crippen LogP contribution is -2.62. The number of aromatic hydroxyl groups is 3. The first-order valence-electron chi connectivity index (χ1n) is 34.5. The van der Waals surface area contributed by atoms with Gasteiger partial charge in [0.05, 0.1) is 24.9 Å². The number of ether oxygens (including phenoxy) is 1. The summed E-state index contributed by atoms with van der Waals surface area (Å²) >= 11 is 0. The molecule has 36 nitrogen and oxygen atoms in total. The standard InChI is InChI=1S/C69H98N14O22/c1-5-35(2)56-69(104)105-34-44(89)32-52(79-65(100)49(29-38-11-17-41(86)18-12-38)77-61(96)47(23-25-54(71)90)76-59(94)45-10-8-28-72-45)63(98)73-36(3)58(93)74-48(24-26-55(91)92)62(97)83-57(37(4)85)68(103)80-50(30-39-13-19-42(87)20-14-39)64(99)75-46(9-6-7-27-70)60(95)81-53(33-84)67(102)78-51(66(101)82-56)31-40-15-21-43(88)22-16-40/h11-22,35-37,44-53,56-57,72,84-89H,5-10,23-34,70H2,1-4H3,(H2,71,90)(H,73,98)(H,74,93)(H,75,99)(H,76,94)(H,77,96)(H,78,102)(H,79,100)(H,80,103)(H,81,95)(H,82,101)(H,83,97)(H,91,92)/t35?,36?,37?,44?,45-,46?,47?,48?,49?,50?,51?,52?,53?,56?,57?/m0/s1. The van der Waals surface area contributed by atoms with E-state index in [0.717, 1.165) is 13.8 Å². The zero-order chi connectivity index (χ0) is 77.6. The van der Waals surface area contributed by atoms with E-state index in [4.69, 9.17) is 16.2 Å². The third-order valence-electron chi connectivity index (χ3n) is 17.5. The van der Waals surface area contributed by atoms with Crippen LogP contribution in [0.1, 0.15) is 115 Å². The van der Waals surface area contributed by atoms with Gasteiger partial charge in [-0.2, -0.15) is 0 Å². The largest absolute Gasteiger partial charge is 0.508 e. The lowest BCUT2D eigenvalue weighted by atomic mass is 9.97. The predicted octanol–water partition coefficient (Wildman–Crippen LogP) is -5.08. The second-order valence-electron chi connectivity index (χ2n) is 26.0. The highest BCUT2D eigenvalue weighted by atomic mass is 16.5. The van der Waals surface area contributed by atoms with E-state index < -0.39 is 225 Å². The molecule has 23 N–H and O–H groups in total. The normalized spacial score (nSPS) is 24.3. The summed E-state index contributed by atoms with van der Waals surface area (Å²) in [6.45, 7) is 3.84. The van der Waals surface area contributed by atoms with Gasteiger partial charge in [0.2, 0.25) is 70.9 Å². The van der Waals surface area contributed by atoms with Gasteiger partial charge < -0.3 is 116 Å². The number of carboxylic acid groups (broad SMARTS) is 1. The van der Waals surface area contributed by atoms with Gasteiger partial charge in [-0.1, -0.05) is 56.7 Å². The number of benzene rings is 3. The number of aliphatic carboxylic acids is 1. The predicted molar refractivity (Wildman–Crippen MR) is 371 cm³/mol. The Kier molecular flexibility index (Phi) is 34.3. The number of hydrogen-bond acceptors (Lipinski definition) is 23. The van der Waals surface area contributed by atoms with Crippen LogP contribution in [0.15, 0.2) is 72.8 Å². The smallest absolute Gasteiger partial charge is 0.329 e. The summed E-state index contributed by atoms with van der Waals surface area (Å²) in [6, 6.07) is -4.01. The number of unbranched alkanes of at least 4 members (excludes halogenated alkanes) is 1. The third kappa shape index (κ3) is 28.2. The number of primary amides is 1. The first-order chi connectivity index (χ1) is 49.8. The van der Waals surface area contributed by atoms with E-state index in [1.807, 2.05) is 0 Å². The lowest BCUT2D eigenvalue weighted by molar-refractivity contribution is -0.153. The van der Waals surface area contributed by atoms with Crippen molar-refractivity contribution >= 4 is 82.8 Å². The van der Waals surface area contributed by atoms with Gasteiger partial charge in [0.25, 0.3) is 0 Å². The van der Waals surface area contributed by atoms with Gasteiger partial charge in [-0.3, -0.25) is 62.3 Å². The number of rotatable bonds is 26. The number of aliphatic hydroxyl groups excluding tert-OH is 3. The molecule has 0 saturated carbocycles. The number of nitrogens with two attached hydrogens (primary N) is 2. The molecule has 2 fully saturated rings. The summed E-state index contributed by atoms with van der Waals surface area (Å²) in [5, 5.41) is 103. The number of esters is 1. The van der Waals surface area contributed by atoms with Crippen molar-refractivity contribution in [2.24, 2.45) is 17.4 Å². The maximum absolute atomic E-state index is 14.8. The zero-order valence-corrected chi connectivity index (χ0v) is 58.7. The summed E-state index contributed by atoms with van der Waals surface area (Å²) in [5.41, 5.74) is 12.1. The molecule has 14 unspecified atom stereocenters. The van der Waals surface area contributed by atoms with Gasteiger partial charge in [0.1, 0.15) is 90.3 Å². The van der Waals surface area contributed by atoms with Crippen molar-refractivity contribution in [1.82, 2.24) is 63.8 Å². The number of hydrogen-bond donors (Lipinski definition) is 21. The maximum atomic E-state index is 14.8. The number of aliphatic hydroxyl groups is 3. The van der Waals surface area contributed by atoms with Gasteiger partial charge in [-0.25, -0.2) is 4.79 Å². The van der Waals surface area contributed by atoms with Gasteiger partial charge in [-0.05, 0) is 131 Å². The molecule has 576 valence electrons. The van der Waals surface area contributed by atoms with E-state index in [-0.39, 0.29) is 55.9 Å². The Morgan fingerprint density at radius 3 is 1.64 bits per heavy atom. The van der Waals surface area contributed by atoms with Crippen LogP contribution < -0.4 is 75.3 Å². The summed E-state index contributed by atoms with van der Waals surface area (Å²) in [7, 11) is 0. The van der Waals surface area contributed by atoms with Crippen molar-refractivity contribution in [2.45, 2.75) is 202 Å². The number of phenols is 3. The average Bonchev–Trinajstić information content (AvgIpc) is 0.978. The third-order valence-corrected chi connectivity index (χ3v) is 17.5. The van der Waals surface area contributed by atoms with Crippen molar-refractivity contribution < 1.29 is 108 Å². The van der Waals surface area contributed by atoms with E-state index >= 15 is 0 Å². The molecule has 5 rings (SSSR count). The quantitative estimate of drug-likeness (QED) is 0.0264. The molecule has 0 bridgehead atoms. The van der Waals surface area contributed by atoms with E-state index in [1.165, 1.54) is 72.8 Å². The minimum absolute atomic E-state index is 0.126. The van der Waals surface area contributed by atoms with E-state index in [2.05, 4.69) is 63.8 Å². The fraction of sp³-hybridized carbons (Fsp3) is 0.536. The van der Waals surface area contributed by atoms with Crippen LogP contribution in [0.2, 0.25) is 0 Å². The molecule has 0 aromatic heterocycles. The van der Waals surface area contributed by atoms with Crippen LogP contribution in [-0.2, 0) is 91.1 Å². The maximum Gasteiger partial charge on any atom is 0.329 e.